The number of carbonyl (C=O) groups is 3. The molecule has 0 amide bonds. The van der Waals surface area contributed by atoms with E-state index in [1.165, 1.54) is 18.9 Å². The molecule has 4 aliphatic heterocycles. The maximum atomic E-state index is 15.4. The number of aliphatic hydroxyl groups is 2. The van der Waals surface area contributed by atoms with E-state index in [4.69, 9.17) is 47.4 Å². The number of thioether (sulfide) groups is 1. The number of nitrogens with zero attached hydrogens (tertiary/aromatic N) is 3. The molecule has 1 aromatic heterocycles. The first-order chi connectivity index (χ1) is 37.4. The Morgan fingerprint density at radius 2 is 1.57 bits per heavy atom. The number of ether oxygens (including phenoxy) is 10. The van der Waals surface area contributed by atoms with Crippen molar-refractivity contribution in [1.82, 2.24) is 9.88 Å². The number of anilines is 1. The number of Topliss-reactive ketones (excluding diaryl/α,β-unsaturated/α-hetero) is 1. The number of aliphatic hydroxyl groups excluding tert-OH is 2. The Morgan fingerprint density at radius 3 is 2.20 bits per heavy atom. The van der Waals surface area contributed by atoms with Gasteiger partial charge in [0.1, 0.15) is 29.3 Å². The molecule has 0 bridgehead atoms. The van der Waals surface area contributed by atoms with Gasteiger partial charge in [-0.2, -0.15) is 0 Å². The molecule has 1 saturated carbocycles. The molecule has 5 aliphatic rings. The van der Waals surface area contributed by atoms with E-state index in [0.29, 0.717) is 36.8 Å². The first-order valence-corrected chi connectivity index (χ1v) is 29.8. The predicted octanol–water partition coefficient (Wildman–Crippen LogP) is 7.79. The van der Waals surface area contributed by atoms with Gasteiger partial charge in [0.05, 0.1) is 54.7 Å². The average Bonchev–Trinajstić information content (AvgIpc) is 4.04. The van der Waals surface area contributed by atoms with Gasteiger partial charge < -0.3 is 67.4 Å². The summed E-state index contributed by atoms with van der Waals surface area (Å²) in [7, 11) is 8.53. The van der Waals surface area contributed by atoms with Gasteiger partial charge in [-0.25, -0.2) is 0 Å². The number of fused-ring (bicyclic) bond motifs is 1. The third-order valence-electron chi connectivity index (χ3n) is 18.1. The summed E-state index contributed by atoms with van der Waals surface area (Å²) in [6, 6.07) is 9.59. The van der Waals surface area contributed by atoms with Crippen LogP contribution in [0.15, 0.2) is 42.7 Å². The number of hydrogen-bond acceptors (Lipinski definition) is 19. The number of aromatic nitrogens is 1. The summed E-state index contributed by atoms with van der Waals surface area (Å²) in [5.74, 6) is -3.39. The molecule has 1 aliphatic carbocycles. The Kier molecular flexibility index (Phi) is 21.3. The van der Waals surface area contributed by atoms with E-state index >= 15 is 9.59 Å². The van der Waals surface area contributed by atoms with Gasteiger partial charge >= 0.3 is 11.9 Å². The van der Waals surface area contributed by atoms with Gasteiger partial charge in [0.15, 0.2) is 29.7 Å². The fourth-order valence-corrected chi connectivity index (χ4v) is 14.8. The molecule has 7 rings (SSSR count). The highest BCUT2D eigenvalue weighted by Crippen LogP contribution is 2.50. The summed E-state index contributed by atoms with van der Waals surface area (Å²) in [5, 5.41) is 22.3. The van der Waals surface area contributed by atoms with Crippen LogP contribution < -0.4 is 14.4 Å². The number of likely N-dealkylation sites (N-methyl/N-ethyl adjacent to an activating group) is 1. The van der Waals surface area contributed by atoms with Crippen molar-refractivity contribution in [2.24, 2.45) is 29.6 Å². The lowest BCUT2D eigenvalue weighted by molar-refractivity contribution is -0.319. The molecule has 0 radical (unpaired) electrons. The van der Waals surface area contributed by atoms with Crippen molar-refractivity contribution in [3.63, 3.8) is 0 Å². The first-order valence-electron chi connectivity index (χ1n) is 28.7. The SMILES string of the molecule is CCC1OC(=O)C(C)[C@@H](OC2CC(C)(OC)[C@@H](O)[C@H](C)O2)[C@H](C)[C@@H](O[C@@H]2OC(C)CC(N(C)C)[C@H]2O)C(C)(OC)CC(C)C(=O)C(C)C2C(SCCN(Cc3cccnc3)c3ccc(OC)c(OC4CCCC4)c3)C(=O)O[C@]12C. The van der Waals surface area contributed by atoms with Crippen LogP contribution in [-0.4, -0.2) is 175 Å². The lowest BCUT2D eigenvalue weighted by Gasteiger charge is -2.50. The lowest BCUT2D eigenvalue weighted by Crippen LogP contribution is -2.61. The highest BCUT2D eigenvalue weighted by atomic mass is 32.2. The van der Waals surface area contributed by atoms with Gasteiger partial charge in [0.25, 0.3) is 0 Å². The summed E-state index contributed by atoms with van der Waals surface area (Å²) in [4.78, 5) is 53.9. The van der Waals surface area contributed by atoms with Crippen LogP contribution in [0.5, 0.6) is 11.5 Å². The van der Waals surface area contributed by atoms with E-state index in [2.05, 4.69) is 9.88 Å². The van der Waals surface area contributed by atoms with Crippen LogP contribution in [0.1, 0.15) is 126 Å². The molecule has 19 heteroatoms. The highest BCUT2D eigenvalue weighted by Gasteiger charge is 2.62. The zero-order chi connectivity index (χ0) is 57.7. The van der Waals surface area contributed by atoms with E-state index in [9.17, 15) is 15.0 Å². The minimum absolute atomic E-state index is 0.112. The van der Waals surface area contributed by atoms with Gasteiger partial charge in [-0.1, -0.05) is 33.8 Å². The number of pyridine rings is 1. The Bertz CT molecular complexity index is 2330. The molecule has 5 fully saturated rings. The minimum atomic E-state index is -1.43. The third kappa shape index (κ3) is 13.9. The molecule has 2 N–H and O–H groups in total. The Morgan fingerprint density at radius 1 is 0.861 bits per heavy atom. The van der Waals surface area contributed by atoms with Crippen molar-refractivity contribution in [1.29, 1.82) is 0 Å². The van der Waals surface area contributed by atoms with Crippen molar-refractivity contribution < 1.29 is 72.0 Å². The smallest absolute Gasteiger partial charge is 0.320 e. The van der Waals surface area contributed by atoms with E-state index in [0.717, 1.165) is 36.9 Å². The predicted molar refractivity (Wildman–Crippen MR) is 300 cm³/mol. The van der Waals surface area contributed by atoms with Gasteiger partial charge in [0.2, 0.25) is 0 Å². The first kappa shape index (κ1) is 63.0. The summed E-state index contributed by atoms with van der Waals surface area (Å²) < 4.78 is 64.6. The fourth-order valence-electron chi connectivity index (χ4n) is 13.3. The van der Waals surface area contributed by atoms with Crippen molar-refractivity contribution >= 4 is 35.2 Å². The maximum Gasteiger partial charge on any atom is 0.320 e. The summed E-state index contributed by atoms with van der Waals surface area (Å²) >= 11 is 1.43. The Labute approximate surface area is 473 Å². The van der Waals surface area contributed by atoms with Gasteiger partial charge in [0, 0.05) is 93.3 Å². The normalized spacial score (nSPS) is 38.9. The number of esters is 2. The number of hydrogen-bond donors (Lipinski definition) is 2. The van der Waals surface area contributed by atoms with Crippen LogP contribution in [0.25, 0.3) is 0 Å². The molecule has 19 atom stereocenters. The van der Waals surface area contributed by atoms with Crippen LogP contribution in [0.2, 0.25) is 0 Å². The molecule has 4 saturated heterocycles. The topological polar surface area (TPSA) is 203 Å². The van der Waals surface area contributed by atoms with Crippen LogP contribution >= 0.6 is 11.8 Å². The second-order valence-corrected chi connectivity index (χ2v) is 25.3. The number of methoxy groups -OCH3 is 3. The van der Waals surface area contributed by atoms with Crippen LogP contribution in [0.3, 0.4) is 0 Å². The van der Waals surface area contributed by atoms with E-state index in [-0.39, 0.29) is 43.3 Å². The van der Waals surface area contributed by atoms with E-state index < -0.39 is 113 Å². The number of ketones is 1. The summed E-state index contributed by atoms with van der Waals surface area (Å²) in [5.41, 5.74) is -1.87. The number of carbonyl (C=O) groups excluding carboxylic acids is 3. The second kappa shape index (κ2) is 26.7. The van der Waals surface area contributed by atoms with E-state index in [1.807, 2.05) is 97.1 Å². The quantitative estimate of drug-likeness (QED) is 0.137. The minimum Gasteiger partial charge on any atom is -0.493 e. The second-order valence-electron chi connectivity index (χ2n) is 24.0. The van der Waals surface area contributed by atoms with E-state index in [1.54, 1.807) is 48.1 Å². The zero-order valence-electron chi connectivity index (χ0n) is 49.6. The van der Waals surface area contributed by atoms with Gasteiger partial charge in [-0.05, 0) is 124 Å². The van der Waals surface area contributed by atoms with Gasteiger partial charge in [-0.3, -0.25) is 19.4 Å². The highest BCUT2D eigenvalue weighted by molar-refractivity contribution is 8.00. The molecular weight excluding hydrogens is 1030 g/mol. The van der Waals surface area contributed by atoms with Crippen molar-refractivity contribution in [2.75, 3.05) is 52.6 Å². The molecule has 5 heterocycles. The molecule has 79 heavy (non-hydrogen) atoms. The molecule has 444 valence electrons. The molecule has 11 unspecified atom stereocenters. The lowest BCUT2D eigenvalue weighted by atomic mass is 9.70. The maximum absolute atomic E-state index is 15.4. The Hall–Kier alpha value is -3.63. The fraction of sp³-hybridized carbons (Fsp3) is 0.767. The molecule has 1 aromatic carbocycles. The zero-order valence-corrected chi connectivity index (χ0v) is 50.4. The van der Waals surface area contributed by atoms with Crippen molar-refractivity contribution in [3.05, 3.63) is 48.3 Å². The largest absolute Gasteiger partial charge is 0.493 e. The van der Waals surface area contributed by atoms with Crippen LogP contribution in [-0.2, 0) is 58.8 Å². The van der Waals surface area contributed by atoms with Crippen LogP contribution in [0.4, 0.5) is 5.69 Å². The van der Waals surface area contributed by atoms with Gasteiger partial charge in [-0.15, -0.1) is 11.8 Å². The summed E-state index contributed by atoms with van der Waals surface area (Å²) in [6.07, 6.45) is 0.849. The Balaban J connectivity index is 1.25. The number of rotatable bonds is 18. The number of benzene rings is 1. The standard InChI is InChI=1S/C60H93N3O15S/c1-16-46-60(10)48(52(56(68)78-60)79-27-26-63(33-40-20-19-25-61-32-40)41-23-24-44(69-13)45(29-41)74-42-21-17-18-22-42)36(4)49(64)34(2)30-59(9,71-15)54(77-57-50(65)43(62(11)12)28-35(3)72-57)37(5)51(38(6)55(67)75-46)76-47-31-58(8,70-14)53(66)39(7)73-47/h19-20,23-25,29,32,34-39,42-43,46-48,50-54,57,65-66H,16-18,21-22,26-28,30-31,33H2,1-15H3/t34?,35?,36?,37-,38?,39-,43?,46?,47?,48?,50+,51-,52?,53-,54+,57-,58?,59?,60+/m0/s1. The van der Waals surface area contributed by atoms with Crippen LogP contribution in [0, 0.1) is 29.6 Å². The molecule has 18 nitrogen and oxygen atoms in total. The third-order valence-corrected chi connectivity index (χ3v) is 19.4. The van der Waals surface area contributed by atoms with Crippen molar-refractivity contribution in [3.8, 4) is 11.5 Å². The molecule has 2 aromatic rings. The monoisotopic (exact) mass is 1130 g/mol. The summed E-state index contributed by atoms with van der Waals surface area (Å²) in [6.45, 7) is 19.4. The number of cyclic esters (lactones) is 1. The molecular formula is C60H93N3O15S. The molecule has 0 spiro atoms. The van der Waals surface area contributed by atoms with Crippen molar-refractivity contribution in [2.45, 2.75) is 217 Å². The average molecular weight is 1130 g/mol.